The Morgan fingerprint density at radius 1 is 1.29 bits per heavy atom. The number of halogens is 1. The molecular formula is C14H11BrN2O4. The number of aryl methyl sites for hydroxylation is 1. The molecule has 0 fully saturated rings. The maximum absolute atomic E-state index is 10.8. The predicted molar refractivity (Wildman–Crippen MR) is 82.6 cm³/mol. The van der Waals surface area contributed by atoms with Crippen LogP contribution in [-0.4, -0.2) is 21.4 Å². The van der Waals surface area contributed by atoms with E-state index in [1.165, 1.54) is 18.3 Å². The molecule has 0 amide bonds. The average molecular weight is 351 g/mol. The van der Waals surface area contributed by atoms with Crippen LogP contribution in [0.15, 0.2) is 39.8 Å². The molecule has 2 aromatic carbocycles. The summed E-state index contributed by atoms with van der Waals surface area (Å²) in [4.78, 5) is 14.3. The lowest BCUT2D eigenvalue weighted by Crippen LogP contribution is -1.91. The number of hydrogen-bond acceptors (Lipinski definition) is 5. The average Bonchev–Trinajstić information content (AvgIpc) is 2.41. The standard InChI is InChI=1S/C14H11BrN2O4/c1-8-2-3-12(13(18)4-8)16-7-9-5-10(17(20)21)6-11(15)14(9)19/h2-7,18-19H,1H3. The SMILES string of the molecule is Cc1ccc(N=Cc2cc([N+](=O)[O-])cc(Br)c2O)c(O)c1. The Hall–Kier alpha value is -2.41. The quantitative estimate of drug-likeness (QED) is 0.499. The van der Waals surface area contributed by atoms with Crippen LogP contribution in [0, 0.1) is 17.0 Å². The maximum Gasteiger partial charge on any atom is 0.271 e. The maximum atomic E-state index is 10.8. The van der Waals surface area contributed by atoms with Crippen molar-refractivity contribution in [2.75, 3.05) is 0 Å². The van der Waals surface area contributed by atoms with Crippen LogP contribution in [0.1, 0.15) is 11.1 Å². The summed E-state index contributed by atoms with van der Waals surface area (Å²) in [5.41, 5.74) is 1.19. The van der Waals surface area contributed by atoms with E-state index in [0.717, 1.165) is 5.56 Å². The van der Waals surface area contributed by atoms with Gasteiger partial charge < -0.3 is 10.2 Å². The van der Waals surface area contributed by atoms with E-state index in [9.17, 15) is 20.3 Å². The van der Waals surface area contributed by atoms with Crippen molar-refractivity contribution in [1.29, 1.82) is 0 Å². The van der Waals surface area contributed by atoms with E-state index in [2.05, 4.69) is 20.9 Å². The Morgan fingerprint density at radius 2 is 2.00 bits per heavy atom. The summed E-state index contributed by atoms with van der Waals surface area (Å²) in [6.45, 7) is 1.83. The van der Waals surface area contributed by atoms with Crippen molar-refractivity contribution in [2.24, 2.45) is 4.99 Å². The number of rotatable bonds is 3. The molecule has 0 unspecified atom stereocenters. The minimum absolute atomic E-state index is 0.00441. The molecule has 108 valence electrons. The number of phenolic OH excluding ortho intramolecular Hbond substituents is 2. The van der Waals surface area contributed by atoms with Crippen molar-refractivity contribution in [3.63, 3.8) is 0 Å². The van der Waals surface area contributed by atoms with Crippen LogP contribution in [-0.2, 0) is 0 Å². The largest absolute Gasteiger partial charge is 0.506 e. The highest BCUT2D eigenvalue weighted by Gasteiger charge is 2.13. The molecule has 0 radical (unpaired) electrons. The first-order valence-electron chi connectivity index (χ1n) is 5.89. The van der Waals surface area contributed by atoms with Crippen LogP contribution < -0.4 is 0 Å². The van der Waals surface area contributed by atoms with Gasteiger partial charge >= 0.3 is 0 Å². The lowest BCUT2D eigenvalue weighted by molar-refractivity contribution is -0.385. The minimum atomic E-state index is -0.565. The third kappa shape index (κ3) is 3.38. The number of aliphatic imine (C=N–C) groups is 1. The predicted octanol–water partition coefficient (Wildman–Crippen LogP) is 3.83. The Bertz CT molecular complexity index is 744. The van der Waals surface area contributed by atoms with E-state index >= 15 is 0 Å². The molecule has 2 N–H and O–H groups in total. The van der Waals surface area contributed by atoms with Gasteiger partial charge in [-0.1, -0.05) is 6.07 Å². The third-order valence-electron chi connectivity index (χ3n) is 2.76. The van der Waals surface area contributed by atoms with E-state index < -0.39 is 4.92 Å². The van der Waals surface area contributed by atoms with E-state index in [0.29, 0.717) is 5.69 Å². The number of benzene rings is 2. The first kappa shape index (κ1) is 15.0. The minimum Gasteiger partial charge on any atom is -0.506 e. The normalized spacial score (nSPS) is 11.0. The fourth-order valence-electron chi connectivity index (χ4n) is 1.69. The monoisotopic (exact) mass is 350 g/mol. The number of nitrogens with zero attached hydrogens (tertiary/aromatic N) is 2. The van der Waals surface area contributed by atoms with Crippen LogP contribution in [0.25, 0.3) is 0 Å². The van der Waals surface area contributed by atoms with Gasteiger partial charge in [0.05, 0.1) is 9.40 Å². The smallest absolute Gasteiger partial charge is 0.271 e. The molecule has 0 aliphatic heterocycles. The van der Waals surface area contributed by atoms with E-state index in [1.807, 2.05) is 6.92 Å². The summed E-state index contributed by atoms with van der Waals surface area (Å²) in [5.74, 6) is -0.161. The zero-order valence-corrected chi connectivity index (χ0v) is 12.5. The molecule has 0 bridgehead atoms. The zero-order valence-electron chi connectivity index (χ0n) is 10.9. The number of aromatic hydroxyl groups is 2. The highest BCUT2D eigenvalue weighted by Crippen LogP contribution is 2.33. The topological polar surface area (TPSA) is 96.0 Å². The van der Waals surface area contributed by atoms with Crippen molar-refractivity contribution in [3.8, 4) is 11.5 Å². The van der Waals surface area contributed by atoms with Gasteiger partial charge in [0.25, 0.3) is 5.69 Å². The van der Waals surface area contributed by atoms with Gasteiger partial charge in [0, 0.05) is 23.9 Å². The lowest BCUT2D eigenvalue weighted by Gasteiger charge is -2.03. The first-order valence-corrected chi connectivity index (χ1v) is 6.68. The summed E-state index contributed by atoms with van der Waals surface area (Å²) >= 11 is 3.05. The van der Waals surface area contributed by atoms with Crippen LogP contribution >= 0.6 is 15.9 Å². The van der Waals surface area contributed by atoms with Crippen LogP contribution in [0.2, 0.25) is 0 Å². The molecule has 7 heteroatoms. The van der Waals surface area contributed by atoms with E-state index in [4.69, 9.17) is 0 Å². The molecule has 0 spiro atoms. The second-order valence-electron chi connectivity index (χ2n) is 4.37. The molecular weight excluding hydrogens is 340 g/mol. The van der Waals surface area contributed by atoms with E-state index in [-0.39, 0.29) is 27.2 Å². The Kier molecular flexibility index (Phi) is 4.23. The summed E-state index contributed by atoms with van der Waals surface area (Å²) in [6.07, 6.45) is 1.26. The molecule has 0 aliphatic rings. The van der Waals surface area contributed by atoms with Crippen molar-refractivity contribution in [1.82, 2.24) is 0 Å². The molecule has 2 rings (SSSR count). The Morgan fingerprint density at radius 3 is 2.62 bits per heavy atom. The van der Waals surface area contributed by atoms with Crippen LogP contribution in [0.5, 0.6) is 11.5 Å². The van der Waals surface area contributed by atoms with Crippen LogP contribution in [0.3, 0.4) is 0 Å². The van der Waals surface area contributed by atoms with Gasteiger partial charge in [0.1, 0.15) is 17.2 Å². The summed E-state index contributed by atoms with van der Waals surface area (Å²) in [5, 5.41) is 30.4. The Balaban J connectivity index is 2.43. The Labute approximate surface area is 128 Å². The fourth-order valence-corrected chi connectivity index (χ4v) is 2.15. The first-order chi connectivity index (χ1) is 9.88. The van der Waals surface area contributed by atoms with Gasteiger partial charge in [-0.25, -0.2) is 0 Å². The number of hydrogen-bond donors (Lipinski definition) is 2. The molecule has 0 atom stereocenters. The number of nitro groups is 1. The van der Waals surface area contributed by atoms with Gasteiger partial charge in [-0.3, -0.25) is 15.1 Å². The summed E-state index contributed by atoms with van der Waals surface area (Å²) in [7, 11) is 0. The fraction of sp³-hybridized carbons (Fsp3) is 0.0714. The van der Waals surface area contributed by atoms with Gasteiger partial charge in [-0.05, 0) is 40.5 Å². The van der Waals surface area contributed by atoms with Crippen LogP contribution in [0.4, 0.5) is 11.4 Å². The van der Waals surface area contributed by atoms with E-state index in [1.54, 1.807) is 18.2 Å². The molecule has 6 nitrogen and oxygen atoms in total. The molecule has 2 aromatic rings. The third-order valence-corrected chi connectivity index (χ3v) is 3.37. The van der Waals surface area contributed by atoms with Gasteiger partial charge in [0.2, 0.25) is 0 Å². The summed E-state index contributed by atoms with van der Waals surface area (Å²) in [6, 6.07) is 7.35. The van der Waals surface area contributed by atoms with Crippen molar-refractivity contribution in [2.45, 2.75) is 6.92 Å². The molecule has 0 aromatic heterocycles. The number of nitro benzene ring substituents is 1. The highest BCUT2D eigenvalue weighted by molar-refractivity contribution is 9.10. The molecule has 0 saturated heterocycles. The molecule has 21 heavy (non-hydrogen) atoms. The second-order valence-corrected chi connectivity index (χ2v) is 5.23. The van der Waals surface area contributed by atoms with Gasteiger partial charge in [-0.15, -0.1) is 0 Å². The van der Waals surface area contributed by atoms with Crippen molar-refractivity contribution in [3.05, 3.63) is 56.0 Å². The number of phenols is 2. The highest BCUT2D eigenvalue weighted by atomic mass is 79.9. The zero-order chi connectivity index (χ0) is 15.6. The second kappa shape index (κ2) is 5.92. The number of non-ortho nitro benzene ring substituents is 1. The van der Waals surface area contributed by atoms with Gasteiger partial charge in [-0.2, -0.15) is 0 Å². The van der Waals surface area contributed by atoms with Crippen molar-refractivity contribution < 1.29 is 15.1 Å². The van der Waals surface area contributed by atoms with Crippen molar-refractivity contribution >= 4 is 33.5 Å². The van der Waals surface area contributed by atoms with Gasteiger partial charge in [0.15, 0.2) is 0 Å². The summed E-state index contributed by atoms with van der Waals surface area (Å²) < 4.78 is 0.200. The molecule has 0 saturated carbocycles. The lowest BCUT2D eigenvalue weighted by atomic mass is 10.2. The molecule has 0 aliphatic carbocycles. The molecule has 0 heterocycles.